The quantitative estimate of drug-likeness (QED) is 0.401. The summed E-state index contributed by atoms with van der Waals surface area (Å²) in [4.78, 5) is 20.4. The van der Waals surface area contributed by atoms with Crippen LogP contribution in [-0.2, 0) is 9.53 Å². The Kier molecular flexibility index (Phi) is 4.06. The van der Waals surface area contributed by atoms with Gasteiger partial charge in [-0.25, -0.2) is 19.2 Å². The van der Waals surface area contributed by atoms with Crippen molar-refractivity contribution in [3.05, 3.63) is 42.9 Å². The van der Waals surface area contributed by atoms with Crippen LogP contribution in [0, 0.1) is 0 Å². The highest BCUT2D eigenvalue weighted by Gasteiger charge is 2.14. The van der Waals surface area contributed by atoms with E-state index in [-0.39, 0.29) is 11.7 Å². The van der Waals surface area contributed by atoms with Crippen molar-refractivity contribution in [1.29, 1.82) is 0 Å². The van der Waals surface area contributed by atoms with Gasteiger partial charge in [-0.05, 0) is 19.1 Å². The van der Waals surface area contributed by atoms with Crippen LogP contribution in [0.5, 0.6) is 0 Å². The van der Waals surface area contributed by atoms with E-state index in [0.29, 0.717) is 23.1 Å². The minimum atomic E-state index is -0.286. The van der Waals surface area contributed by atoms with Crippen LogP contribution in [0.25, 0.3) is 22.4 Å². The minimum absolute atomic E-state index is 0.171. The molecule has 3 heterocycles. The molecule has 8 nitrogen and oxygen atoms in total. The van der Waals surface area contributed by atoms with Gasteiger partial charge in [0, 0.05) is 0 Å². The first-order valence-corrected chi connectivity index (χ1v) is 8.68. The van der Waals surface area contributed by atoms with Crippen LogP contribution in [-0.4, -0.2) is 47.7 Å². The molecule has 0 saturated heterocycles. The number of aromatic nitrogens is 6. The van der Waals surface area contributed by atoms with Gasteiger partial charge in [0.2, 0.25) is 5.16 Å². The largest absolute Gasteiger partial charge is 0.465 e. The van der Waals surface area contributed by atoms with Gasteiger partial charge >= 0.3 is 5.97 Å². The molecule has 0 bridgehead atoms. The molecule has 0 aliphatic rings. The Morgan fingerprint density at radius 2 is 2.08 bits per heavy atom. The molecule has 1 aromatic carbocycles. The first kappa shape index (κ1) is 15.6. The van der Waals surface area contributed by atoms with Crippen molar-refractivity contribution in [2.24, 2.45) is 0 Å². The van der Waals surface area contributed by atoms with Gasteiger partial charge in [-0.3, -0.25) is 4.79 Å². The molecular weight excluding hydrogens is 340 g/mol. The maximum absolute atomic E-state index is 11.5. The van der Waals surface area contributed by atoms with Crippen molar-refractivity contribution >= 4 is 34.4 Å². The number of esters is 1. The second-order valence-corrected chi connectivity index (χ2v) is 6.07. The molecule has 0 aliphatic heterocycles. The zero-order valence-corrected chi connectivity index (χ0v) is 14.2. The van der Waals surface area contributed by atoms with Gasteiger partial charge in [0.25, 0.3) is 0 Å². The zero-order valence-electron chi connectivity index (χ0n) is 13.4. The summed E-state index contributed by atoms with van der Waals surface area (Å²) in [5.41, 5.74) is 2.28. The zero-order chi connectivity index (χ0) is 17.2. The van der Waals surface area contributed by atoms with E-state index >= 15 is 0 Å². The molecule has 0 amide bonds. The van der Waals surface area contributed by atoms with Crippen LogP contribution in [0.2, 0.25) is 0 Å². The van der Waals surface area contributed by atoms with E-state index in [2.05, 4.69) is 20.2 Å². The van der Waals surface area contributed by atoms with E-state index in [9.17, 15) is 4.79 Å². The molecule has 126 valence electrons. The summed E-state index contributed by atoms with van der Waals surface area (Å²) >= 11 is 1.23. The van der Waals surface area contributed by atoms with Crippen LogP contribution in [0.15, 0.2) is 48.0 Å². The lowest BCUT2D eigenvalue weighted by Gasteiger charge is -2.01. The Morgan fingerprint density at radius 3 is 2.88 bits per heavy atom. The summed E-state index contributed by atoms with van der Waals surface area (Å²) in [5.74, 6) is -0.114. The Bertz CT molecular complexity index is 1040. The maximum atomic E-state index is 11.5. The van der Waals surface area contributed by atoms with Gasteiger partial charge in [0.15, 0.2) is 11.3 Å². The van der Waals surface area contributed by atoms with Gasteiger partial charge in [-0.1, -0.05) is 30.0 Å². The lowest BCUT2D eigenvalue weighted by atomic mass is 10.3. The monoisotopic (exact) mass is 354 g/mol. The van der Waals surface area contributed by atoms with Crippen LogP contribution in [0.4, 0.5) is 0 Å². The minimum Gasteiger partial charge on any atom is -0.465 e. The second-order valence-electron chi connectivity index (χ2n) is 5.13. The second kappa shape index (κ2) is 6.52. The number of hydrogen-bond donors (Lipinski definition) is 0. The number of rotatable bonds is 5. The third kappa shape index (κ3) is 2.93. The fourth-order valence-corrected chi connectivity index (χ4v) is 3.07. The van der Waals surface area contributed by atoms with Gasteiger partial charge < -0.3 is 4.74 Å². The molecule has 3 aromatic heterocycles. The molecule has 4 aromatic rings. The number of benzene rings is 1. The molecule has 0 spiro atoms. The third-order valence-corrected chi connectivity index (χ3v) is 4.32. The van der Waals surface area contributed by atoms with Gasteiger partial charge in [0.05, 0.1) is 29.6 Å². The molecule has 0 aliphatic carbocycles. The number of carbonyl (C=O) groups excluding carboxylic acids is 1. The molecule has 4 rings (SSSR count). The molecule has 0 saturated carbocycles. The van der Waals surface area contributed by atoms with Crippen molar-refractivity contribution < 1.29 is 9.53 Å². The van der Waals surface area contributed by atoms with Gasteiger partial charge in [-0.2, -0.15) is 5.10 Å². The normalized spacial score (nSPS) is 11.2. The third-order valence-electron chi connectivity index (χ3n) is 3.51. The average Bonchev–Trinajstić information content (AvgIpc) is 3.24. The van der Waals surface area contributed by atoms with E-state index in [4.69, 9.17) is 4.74 Å². The number of nitrogens with zero attached hydrogens (tertiary/aromatic N) is 6. The molecule has 0 radical (unpaired) electrons. The number of fused-ring (bicyclic) bond motifs is 3. The molecular formula is C16H14N6O2S. The van der Waals surface area contributed by atoms with Crippen molar-refractivity contribution in [3.8, 4) is 5.69 Å². The maximum Gasteiger partial charge on any atom is 0.316 e. The fraction of sp³-hybridized carbons (Fsp3) is 0.188. The topological polar surface area (TPSA) is 87.2 Å². The summed E-state index contributed by atoms with van der Waals surface area (Å²) in [6.07, 6.45) is 3.32. The first-order chi connectivity index (χ1) is 12.3. The predicted octanol–water partition coefficient (Wildman–Crippen LogP) is 2.12. The highest BCUT2D eigenvalue weighted by atomic mass is 32.2. The molecule has 0 N–H and O–H groups in total. The number of thioether (sulfide) groups is 1. The van der Waals surface area contributed by atoms with Gasteiger partial charge in [0.1, 0.15) is 6.33 Å². The Morgan fingerprint density at radius 1 is 1.24 bits per heavy atom. The molecule has 0 fully saturated rings. The van der Waals surface area contributed by atoms with E-state index in [0.717, 1.165) is 11.1 Å². The van der Waals surface area contributed by atoms with E-state index < -0.39 is 0 Å². The first-order valence-electron chi connectivity index (χ1n) is 7.69. The highest BCUT2D eigenvalue weighted by Crippen LogP contribution is 2.22. The fourth-order valence-electron chi connectivity index (χ4n) is 2.45. The van der Waals surface area contributed by atoms with E-state index in [1.54, 1.807) is 28.6 Å². The van der Waals surface area contributed by atoms with E-state index in [1.807, 2.05) is 30.3 Å². The summed E-state index contributed by atoms with van der Waals surface area (Å²) in [7, 11) is 0. The number of hydrogen-bond acceptors (Lipinski definition) is 7. The summed E-state index contributed by atoms with van der Waals surface area (Å²) in [5, 5.41) is 10.0. The molecule has 0 unspecified atom stereocenters. The Balaban J connectivity index is 1.70. The van der Waals surface area contributed by atoms with Crippen LogP contribution in [0.3, 0.4) is 0 Å². The average molecular weight is 354 g/mol. The lowest BCUT2D eigenvalue weighted by Crippen LogP contribution is -2.06. The number of carbonyl (C=O) groups is 1. The SMILES string of the molecule is CCOC(=O)CSc1nc2c3cnn(-c4ccccc4)c3ncn2n1. The summed E-state index contributed by atoms with van der Waals surface area (Å²) in [6.45, 7) is 2.14. The molecule has 25 heavy (non-hydrogen) atoms. The van der Waals surface area contributed by atoms with Crippen molar-refractivity contribution in [1.82, 2.24) is 29.4 Å². The molecule has 9 heteroatoms. The van der Waals surface area contributed by atoms with Gasteiger partial charge in [-0.15, -0.1) is 5.10 Å². The number of para-hydroxylation sites is 1. The van der Waals surface area contributed by atoms with E-state index in [1.165, 1.54) is 11.8 Å². The summed E-state index contributed by atoms with van der Waals surface area (Å²) < 4.78 is 8.26. The summed E-state index contributed by atoms with van der Waals surface area (Å²) in [6, 6.07) is 9.77. The lowest BCUT2D eigenvalue weighted by molar-refractivity contribution is -0.139. The number of ether oxygens (including phenoxy) is 1. The van der Waals surface area contributed by atoms with Crippen LogP contribution in [0.1, 0.15) is 6.92 Å². The van der Waals surface area contributed by atoms with Crippen molar-refractivity contribution in [3.63, 3.8) is 0 Å². The molecule has 0 atom stereocenters. The smallest absolute Gasteiger partial charge is 0.316 e. The van der Waals surface area contributed by atoms with Crippen molar-refractivity contribution in [2.75, 3.05) is 12.4 Å². The van der Waals surface area contributed by atoms with Crippen LogP contribution >= 0.6 is 11.8 Å². The predicted molar refractivity (Wildman–Crippen MR) is 92.8 cm³/mol. The standard InChI is InChI=1S/C16H14N6O2S/c1-2-24-13(23)9-25-16-19-15-12-8-18-22(11-6-4-3-5-7-11)14(12)17-10-21(15)20-16/h3-8,10H,2,9H2,1H3. The van der Waals surface area contributed by atoms with Crippen molar-refractivity contribution in [2.45, 2.75) is 12.1 Å². The highest BCUT2D eigenvalue weighted by molar-refractivity contribution is 7.99. The Hall–Kier alpha value is -2.94. The van der Waals surface area contributed by atoms with Crippen LogP contribution < -0.4 is 0 Å². The Labute approximate surface area is 146 Å².